The van der Waals surface area contributed by atoms with Crippen molar-refractivity contribution in [2.75, 3.05) is 13.2 Å². The monoisotopic (exact) mass is 182 g/mol. The van der Waals surface area contributed by atoms with Crippen LogP contribution in [0.1, 0.15) is 23.8 Å². The van der Waals surface area contributed by atoms with Crippen LogP contribution in [0.4, 0.5) is 0 Å². The van der Waals surface area contributed by atoms with Crippen molar-refractivity contribution in [2.45, 2.75) is 19.9 Å². The third-order valence-electron chi connectivity index (χ3n) is 1.68. The summed E-state index contributed by atoms with van der Waals surface area (Å²) in [6, 6.07) is 0. The molecule has 0 aromatic carbocycles. The van der Waals surface area contributed by atoms with Crippen LogP contribution in [-0.2, 0) is 11.3 Å². The number of ether oxygens (including phenoxy) is 1. The standard InChI is InChI=1S/C9H14N2O2/c1-2-13-5-3-4-11-6-9(7-12)10-8-11/h6-8H,2-5H2,1H3. The number of rotatable bonds is 6. The van der Waals surface area contributed by atoms with Gasteiger partial charge in [-0.2, -0.15) is 0 Å². The van der Waals surface area contributed by atoms with Gasteiger partial charge in [0.2, 0.25) is 0 Å². The van der Waals surface area contributed by atoms with Gasteiger partial charge in [0.05, 0.1) is 6.33 Å². The van der Waals surface area contributed by atoms with E-state index in [4.69, 9.17) is 4.74 Å². The average molecular weight is 182 g/mol. The maximum atomic E-state index is 10.3. The Kier molecular flexibility index (Phi) is 4.18. The van der Waals surface area contributed by atoms with Crippen molar-refractivity contribution in [2.24, 2.45) is 0 Å². The maximum absolute atomic E-state index is 10.3. The molecule has 0 saturated heterocycles. The lowest BCUT2D eigenvalue weighted by Crippen LogP contribution is -2.00. The van der Waals surface area contributed by atoms with Gasteiger partial charge in [0, 0.05) is 26.0 Å². The lowest BCUT2D eigenvalue weighted by Gasteiger charge is -2.01. The van der Waals surface area contributed by atoms with E-state index in [-0.39, 0.29) is 0 Å². The molecule has 0 unspecified atom stereocenters. The second-order valence-corrected chi connectivity index (χ2v) is 2.70. The van der Waals surface area contributed by atoms with Gasteiger partial charge in [0.1, 0.15) is 5.69 Å². The number of hydrogen-bond donors (Lipinski definition) is 0. The molecular formula is C9H14N2O2. The Labute approximate surface area is 77.5 Å². The van der Waals surface area contributed by atoms with E-state index in [1.54, 1.807) is 12.5 Å². The number of imidazole rings is 1. The first-order valence-electron chi connectivity index (χ1n) is 4.41. The Bertz CT molecular complexity index is 258. The zero-order valence-electron chi connectivity index (χ0n) is 7.77. The quantitative estimate of drug-likeness (QED) is 0.489. The summed E-state index contributed by atoms with van der Waals surface area (Å²) < 4.78 is 7.08. The number of nitrogens with zero attached hydrogens (tertiary/aromatic N) is 2. The topological polar surface area (TPSA) is 44.1 Å². The normalized spacial score (nSPS) is 10.2. The molecule has 0 aliphatic heterocycles. The molecule has 0 atom stereocenters. The van der Waals surface area contributed by atoms with E-state index in [1.165, 1.54) is 0 Å². The van der Waals surface area contributed by atoms with Gasteiger partial charge in [-0.1, -0.05) is 0 Å². The highest BCUT2D eigenvalue weighted by atomic mass is 16.5. The highest BCUT2D eigenvalue weighted by molar-refractivity contribution is 5.70. The number of hydrogen-bond acceptors (Lipinski definition) is 3. The number of carbonyl (C=O) groups excluding carboxylic acids is 1. The minimum absolute atomic E-state index is 0.483. The molecule has 1 aromatic heterocycles. The molecule has 1 rings (SSSR count). The van der Waals surface area contributed by atoms with E-state index in [1.807, 2.05) is 11.5 Å². The first kappa shape index (κ1) is 9.92. The SMILES string of the molecule is CCOCCCn1cnc(C=O)c1. The van der Waals surface area contributed by atoms with Crippen LogP contribution in [-0.4, -0.2) is 29.1 Å². The fraction of sp³-hybridized carbons (Fsp3) is 0.556. The molecule has 1 heterocycles. The molecule has 0 N–H and O–H groups in total. The van der Waals surface area contributed by atoms with Crippen LogP contribution >= 0.6 is 0 Å². The summed E-state index contributed by atoms with van der Waals surface area (Å²) >= 11 is 0. The molecular weight excluding hydrogens is 168 g/mol. The van der Waals surface area contributed by atoms with Gasteiger partial charge in [-0.05, 0) is 13.3 Å². The van der Waals surface area contributed by atoms with Gasteiger partial charge >= 0.3 is 0 Å². The van der Waals surface area contributed by atoms with E-state index >= 15 is 0 Å². The number of aromatic nitrogens is 2. The second kappa shape index (κ2) is 5.48. The minimum atomic E-state index is 0.483. The fourth-order valence-electron chi connectivity index (χ4n) is 1.05. The molecule has 72 valence electrons. The summed E-state index contributed by atoms with van der Waals surface area (Å²) in [6.07, 6.45) is 5.09. The molecule has 0 amide bonds. The maximum Gasteiger partial charge on any atom is 0.169 e. The zero-order chi connectivity index (χ0) is 9.52. The highest BCUT2D eigenvalue weighted by Gasteiger charge is 1.95. The number of aldehydes is 1. The summed E-state index contributed by atoms with van der Waals surface area (Å²) in [7, 11) is 0. The Hall–Kier alpha value is -1.16. The van der Waals surface area contributed by atoms with Crippen LogP contribution in [0.2, 0.25) is 0 Å². The third kappa shape index (κ3) is 3.38. The van der Waals surface area contributed by atoms with Crippen LogP contribution in [0.5, 0.6) is 0 Å². The van der Waals surface area contributed by atoms with Gasteiger partial charge in [-0.15, -0.1) is 0 Å². The van der Waals surface area contributed by atoms with E-state index in [9.17, 15) is 4.79 Å². The van der Waals surface area contributed by atoms with Crippen molar-refractivity contribution in [3.63, 3.8) is 0 Å². The van der Waals surface area contributed by atoms with Gasteiger partial charge in [0.15, 0.2) is 6.29 Å². The molecule has 0 aliphatic carbocycles. The molecule has 0 saturated carbocycles. The molecule has 13 heavy (non-hydrogen) atoms. The summed E-state index contributed by atoms with van der Waals surface area (Å²) in [5.41, 5.74) is 0.483. The van der Waals surface area contributed by atoms with Crippen LogP contribution in [0.3, 0.4) is 0 Å². The first-order valence-corrected chi connectivity index (χ1v) is 4.41. The Morgan fingerprint density at radius 3 is 3.15 bits per heavy atom. The van der Waals surface area contributed by atoms with Crippen LogP contribution in [0.25, 0.3) is 0 Å². The molecule has 1 aromatic rings. The molecule has 0 spiro atoms. The van der Waals surface area contributed by atoms with E-state index in [2.05, 4.69) is 4.98 Å². The predicted octanol–water partition coefficient (Wildman–Crippen LogP) is 1.12. The largest absolute Gasteiger partial charge is 0.382 e. The number of carbonyl (C=O) groups is 1. The van der Waals surface area contributed by atoms with Crippen LogP contribution < -0.4 is 0 Å². The Morgan fingerprint density at radius 2 is 2.54 bits per heavy atom. The van der Waals surface area contributed by atoms with Crippen molar-refractivity contribution < 1.29 is 9.53 Å². The lowest BCUT2D eigenvalue weighted by atomic mass is 10.4. The van der Waals surface area contributed by atoms with Crippen molar-refractivity contribution in [1.29, 1.82) is 0 Å². The Balaban J connectivity index is 2.24. The number of aryl methyl sites for hydroxylation is 1. The summed E-state index contributed by atoms with van der Waals surface area (Å²) in [6.45, 7) is 4.33. The molecule has 4 nitrogen and oxygen atoms in total. The van der Waals surface area contributed by atoms with Crippen molar-refractivity contribution >= 4 is 6.29 Å². The minimum Gasteiger partial charge on any atom is -0.382 e. The van der Waals surface area contributed by atoms with Gasteiger partial charge in [-0.25, -0.2) is 4.98 Å². The van der Waals surface area contributed by atoms with Crippen LogP contribution in [0.15, 0.2) is 12.5 Å². The van der Waals surface area contributed by atoms with Crippen molar-refractivity contribution in [1.82, 2.24) is 9.55 Å². The predicted molar refractivity (Wildman–Crippen MR) is 48.7 cm³/mol. The lowest BCUT2D eigenvalue weighted by molar-refractivity contribution is 0.111. The van der Waals surface area contributed by atoms with Gasteiger partial charge in [-0.3, -0.25) is 4.79 Å². The molecule has 0 fully saturated rings. The van der Waals surface area contributed by atoms with E-state index in [0.717, 1.165) is 32.5 Å². The zero-order valence-corrected chi connectivity index (χ0v) is 7.77. The molecule has 0 bridgehead atoms. The van der Waals surface area contributed by atoms with Crippen LogP contribution in [0, 0.1) is 0 Å². The summed E-state index contributed by atoms with van der Waals surface area (Å²) in [5, 5.41) is 0. The average Bonchev–Trinajstić information content (AvgIpc) is 2.60. The van der Waals surface area contributed by atoms with E-state index in [0.29, 0.717) is 5.69 Å². The summed E-state index contributed by atoms with van der Waals surface area (Å²) in [5.74, 6) is 0. The van der Waals surface area contributed by atoms with E-state index < -0.39 is 0 Å². The molecule has 0 aliphatic rings. The Morgan fingerprint density at radius 1 is 1.69 bits per heavy atom. The van der Waals surface area contributed by atoms with Gasteiger partial charge in [0.25, 0.3) is 0 Å². The first-order chi connectivity index (χ1) is 6.36. The highest BCUT2D eigenvalue weighted by Crippen LogP contribution is 1.95. The van der Waals surface area contributed by atoms with Gasteiger partial charge < -0.3 is 9.30 Å². The van der Waals surface area contributed by atoms with Crippen molar-refractivity contribution in [3.8, 4) is 0 Å². The van der Waals surface area contributed by atoms with Crippen molar-refractivity contribution in [3.05, 3.63) is 18.2 Å². The second-order valence-electron chi connectivity index (χ2n) is 2.70. The molecule has 0 radical (unpaired) electrons. The smallest absolute Gasteiger partial charge is 0.169 e. The summed E-state index contributed by atoms with van der Waals surface area (Å²) in [4.78, 5) is 14.2. The molecule has 4 heteroatoms. The third-order valence-corrected chi connectivity index (χ3v) is 1.68. The fourth-order valence-corrected chi connectivity index (χ4v) is 1.05.